The first-order chi connectivity index (χ1) is 8.83. The number of hydrogen-bond donors (Lipinski definition) is 2. The molecule has 0 atom stereocenters. The van der Waals surface area contributed by atoms with E-state index in [0.29, 0.717) is 13.2 Å². The average Bonchev–Trinajstić information content (AvgIpc) is 2.91. The van der Waals surface area contributed by atoms with E-state index in [2.05, 4.69) is 14.9 Å². The molecule has 18 heavy (non-hydrogen) atoms. The second kappa shape index (κ2) is 6.32. The Morgan fingerprint density at radius 2 is 2.33 bits per heavy atom. The Hall–Kier alpha value is -1.66. The van der Waals surface area contributed by atoms with Gasteiger partial charge in [0.15, 0.2) is 0 Å². The van der Waals surface area contributed by atoms with Crippen molar-refractivity contribution in [2.45, 2.75) is 20.1 Å². The van der Waals surface area contributed by atoms with Gasteiger partial charge in [0, 0.05) is 16.6 Å². The van der Waals surface area contributed by atoms with Gasteiger partial charge < -0.3 is 15.2 Å². The number of hydrogen-bond acceptors (Lipinski definition) is 6. The van der Waals surface area contributed by atoms with Crippen LogP contribution in [-0.4, -0.2) is 21.3 Å². The largest absolute Gasteiger partial charge is 0.494 e. The molecule has 1 aromatic heterocycles. The molecule has 0 fully saturated rings. The van der Waals surface area contributed by atoms with Crippen LogP contribution in [0.3, 0.4) is 0 Å². The number of aromatic nitrogens is 2. The average molecular weight is 265 g/mol. The van der Waals surface area contributed by atoms with Crippen molar-refractivity contribution in [2.75, 3.05) is 11.9 Å². The normalized spacial score (nSPS) is 10.3. The quantitative estimate of drug-likeness (QED) is 0.836. The minimum atomic E-state index is -0.0386. The summed E-state index contributed by atoms with van der Waals surface area (Å²) in [4.78, 5) is 0. The molecule has 0 bridgehead atoms. The van der Waals surface area contributed by atoms with Crippen LogP contribution in [0.25, 0.3) is 0 Å². The van der Waals surface area contributed by atoms with E-state index in [4.69, 9.17) is 4.74 Å². The summed E-state index contributed by atoms with van der Waals surface area (Å²) in [6.45, 7) is 3.09. The van der Waals surface area contributed by atoms with E-state index in [-0.39, 0.29) is 6.61 Å². The van der Waals surface area contributed by atoms with Crippen LogP contribution in [0.5, 0.6) is 5.75 Å². The van der Waals surface area contributed by atoms with Crippen LogP contribution in [-0.2, 0) is 13.2 Å². The Bertz CT molecular complexity index is 488. The van der Waals surface area contributed by atoms with E-state index in [1.54, 1.807) is 0 Å². The van der Waals surface area contributed by atoms with Gasteiger partial charge in [-0.05, 0) is 36.7 Å². The maximum atomic E-state index is 9.29. The van der Waals surface area contributed by atoms with Gasteiger partial charge in [-0.15, -0.1) is 5.10 Å². The second-order valence-electron chi connectivity index (χ2n) is 3.66. The molecule has 2 N–H and O–H groups in total. The number of nitrogens with one attached hydrogen (secondary N) is 1. The summed E-state index contributed by atoms with van der Waals surface area (Å²) in [5, 5.41) is 18.4. The van der Waals surface area contributed by atoms with Gasteiger partial charge in [-0.1, -0.05) is 4.49 Å². The van der Waals surface area contributed by atoms with Crippen LogP contribution in [0.1, 0.15) is 18.2 Å². The first-order valence-electron chi connectivity index (χ1n) is 5.70. The first kappa shape index (κ1) is 12.8. The fourth-order valence-electron chi connectivity index (χ4n) is 1.56. The van der Waals surface area contributed by atoms with E-state index in [1.807, 2.05) is 30.5 Å². The van der Waals surface area contributed by atoms with Gasteiger partial charge in [-0.25, -0.2) is 0 Å². The predicted molar refractivity (Wildman–Crippen MR) is 70.8 cm³/mol. The number of anilines is 1. The van der Waals surface area contributed by atoms with Gasteiger partial charge >= 0.3 is 0 Å². The molecule has 2 aromatic rings. The van der Waals surface area contributed by atoms with Crippen molar-refractivity contribution < 1.29 is 9.84 Å². The summed E-state index contributed by atoms with van der Waals surface area (Å²) < 4.78 is 9.22. The number of benzene rings is 1. The van der Waals surface area contributed by atoms with Gasteiger partial charge in [-0.3, -0.25) is 0 Å². The van der Waals surface area contributed by atoms with E-state index in [1.165, 1.54) is 11.5 Å². The molecule has 0 aliphatic rings. The Kier molecular flexibility index (Phi) is 4.49. The van der Waals surface area contributed by atoms with E-state index >= 15 is 0 Å². The monoisotopic (exact) mass is 265 g/mol. The summed E-state index contributed by atoms with van der Waals surface area (Å²) in [5.41, 5.74) is 2.60. The molecule has 96 valence electrons. The van der Waals surface area contributed by atoms with Crippen LogP contribution in [0, 0.1) is 0 Å². The highest BCUT2D eigenvalue weighted by Gasteiger charge is 2.04. The Labute approximate surface area is 110 Å². The minimum absolute atomic E-state index is 0.0386. The van der Waals surface area contributed by atoms with Crippen molar-refractivity contribution in [3.05, 3.63) is 34.8 Å². The lowest BCUT2D eigenvalue weighted by molar-refractivity contribution is 0.267. The fourth-order valence-corrected chi connectivity index (χ4v) is 2.01. The van der Waals surface area contributed by atoms with E-state index in [9.17, 15) is 5.11 Å². The van der Waals surface area contributed by atoms with E-state index < -0.39 is 0 Å². The highest BCUT2D eigenvalue weighted by atomic mass is 32.1. The van der Waals surface area contributed by atoms with Crippen molar-refractivity contribution in [3.63, 3.8) is 0 Å². The third-order valence-corrected chi connectivity index (χ3v) is 2.96. The SMILES string of the molecule is CCOc1ccc(NCc2csnn2)cc1CO. The zero-order valence-electron chi connectivity index (χ0n) is 10.1. The van der Waals surface area contributed by atoms with Crippen molar-refractivity contribution in [3.8, 4) is 5.75 Å². The maximum absolute atomic E-state index is 9.29. The summed E-state index contributed by atoms with van der Waals surface area (Å²) in [6, 6.07) is 5.66. The Morgan fingerprint density at radius 1 is 1.44 bits per heavy atom. The second-order valence-corrected chi connectivity index (χ2v) is 4.27. The van der Waals surface area contributed by atoms with Gasteiger partial charge in [0.1, 0.15) is 5.75 Å². The number of aliphatic hydroxyl groups is 1. The van der Waals surface area contributed by atoms with Crippen molar-refractivity contribution in [2.24, 2.45) is 0 Å². The summed E-state index contributed by atoms with van der Waals surface area (Å²) in [5.74, 6) is 0.723. The number of ether oxygens (including phenoxy) is 1. The molecule has 1 aromatic carbocycles. The van der Waals surface area contributed by atoms with Crippen molar-refractivity contribution in [1.29, 1.82) is 0 Å². The summed E-state index contributed by atoms with van der Waals surface area (Å²) in [6.07, 6.45) is 0. The number of aliphatic hydroxyl groups excluding tert-OH is 1. The first-order valence-corrected chi connectivity index (χ1v) is 6.53. The lowest BCUT2D eigenvalue weighted by atomic mass is 10.2. The third kappa shape index (κ3) is 3.18. The lowest BCUT2D eigenvalue weighted by Crippen LogP contribution is -2.02. The highest BCUT2D eigenvalue weighted by Crippen LogP contribution is 2.23. The zero-order chi connectivity index (χ0) is 12.8. The molecule has 6 heteroatoms. The molecule has 0 saturated carbocycles. The minimum Gasteiger partial charge on any atom is -0.494 e. The molecule has 0 amide bonds. The van der Waals surface area contributed by atoms with Gasteiger partial charge in [0.2, 0.25) is 0 Å². The summed E-state index contributed by atoms with van der Waals surface area (Å²) in [7, 11) is 0. The molecule has 5 nitrogen and oxygen atoms in total. The predicted octanol–water partition coefficient (Wildman–Crippen LogP) is 2.04. The van der Waals surface area contributed by atoms with Crippen LogP contribution in [0.2, 0.25) is 0 Å². The van der Waals surface area contributed by atoms with Crippen molar-refractivity contribution in [1.82, 2.24) is 9.59 Å². The zero-order valence-corrected chi connectivity index (χ0v) is 10.9. The molecule has 1 heterocycles. The molecule has 0 aliphatic heterocycles. The molecular formula is C12H15N3O2S. The standard InChI is InChI=1S/C12H15N3O2S/c1-2-17-12-4-3-10(5-9(12)7-16)13-6-11-8-18-15-14-11/h3-5,8,13,16H,2,6-7H2,1H3. The van der Waals surface area contributed by atoms with Gasteiger partial charge in [0.05, 0.1) is 25.5 Å². The van der Waals surface area contributed by atoms with Crippen LogP contribution >= 0.6 is 11.5 Å². The number of nitrogens with zero attached hydrogens (tertiary/aromatic N) is 2. The van der Waals surface area contributed by atoms with Crippen LogP contribution < -0.4 is 10.1 Å². The third-order valence-electron chi connectivity index (χ3n) is 2.41. The van der Waals surface area contributed by atoms with Gasteiger partial charge in [0.25, 0.3) is 0 Å². The van der Waals surface area contributed by atoms with Gasteiger partial charge in [-0.2, -0.15) is 0 Å². The topological polar surface area (TPSA) is 67.3 Å². The molecule has 0 unspecified atom stereocenters. The van der Waals surface area contributed by atoms with E-state index in [0.717, 1.165) is 22.7 Å². The molecule has 2 rings (SSSR count). The molecule has 0 aliphatic carbocycles. The smallest absolute Gasteiger partial charge is 0.124 e. The van der Waals surface area contributed by atoms with Crippen LogP contribution in [0.4, 0.5) is 5.69 Å². The Morgan fingerprint density at radius 3 is 3.00 bits per heavy atom. The van der Waals surface area contributed by atoms with Crippen LogP contribution in [0.15, 0.2) is 23.6 Å². The highest BCUT2D eigenvalue weighted by molar-refractivity contribution is 7.03. The fraction of sp³-hybridized carbons (Fsp3) is 0.333. The molecule has 0 radical (unpaired) electrons. The van der Waals surface area contributed by atoms with Crippen molar-refractivity contribution >= 4 is 17.2 Å². The number of rotatable bonds is 6. The molecular weight excluding hydrogens is 250 g/mol. The lowest BCUT2D eigenvalue weighted by Gasteiger charge is -2.11. The summed E-state index contributed by atoms with van der Waals surface area (Å²) >= 11 is 1.33. The molecule has 0 spiro atoms. The molecule has 0 saturated heterocycles. The Balaban J connectivity index is 2.05. The maximum Gasteiger partial charge on any atom is 0.124 e.